The van der Waals surface area contributed by atoms with Crippen LogP contribution in [0.5, 0.6) is 5.75 Å². The summed E-state index contributed by atoms with van der Waals surface area (Å²) in [5.41, 5.74) is 1.82. The summed E-state index contributed by atoms with van der Waals surface area (Å²) in [5, 5.41) is 9.06. The molecule has 0 aliphatic carbocycles. The second kappa shape index (κ2) is 4.94. The Morgan fingerprint density at radius 1 is 1.40 bits per heavy atom. The summed E-state index contributed by atoms with van der Waals surface area (Å²) in [4.78, 5) is 10.8. The molecule has 1 aromatic carbocycles. The minimum atomic E-state index is -0.347. The van der Waals surface area contributed by atoms with E-state index in [-0.39, 0.29) is 12.6 Å². The van der Waals surface area contributed by atoms with E-state index < -0.39 is 0 Å². The first-order chi connectivity index (χ1) is 7.02. The van der Waals surface area contributed by atoms with Gasteiger partial charge in [-0.25, -0.2) is 0 Å². The van der Waals surface area contributed by atoms with E-state index in [1.807, 2.05) is 26.0 Å². The van der Waals surface area contributed by atoms with Crippen LogP contribution in [0, 0.1) is 0 Å². The standard InChI is InChI=1S/C12H16O3/c1-8(2)11-4-10(7-13)5-12(6-11)15-9(3)14/h4-6,8,13H,7H2,1-3H3. The van der Waals surface area contributed by atoms with Crippen LogP contribution in [0.1, 0.15) is 37.8 Å². The van der Waals surface area contributed by atoms with Crippen LogP contribution in [0.25, 0.3) is 0 Å². The molecule has 1 rings (SSSR count). The average molecular weight is 208 g/mol. The van der Waals surface area contributed by atoms with Gasteiger partial charge < -0.3 is 9.84 Å². The average Bonchev–Trinajstić information content (AvgIpc) is 2.16. The molecule has 3 nitrogen and oxygen atoms in total. The van der Waals surface area contributed by atoms with Crippen molar-refractivity contribution >= 4 is 5.97 Å². The highest BCUT2D eigenvalue weighted by Gasteiger charge is 2.06. The molecule has 0 spiro atoms. The Morgan fingerprint density at radius 3 is 2.53 bits per heavy atom. The summed E-state index contributed by atoms with van der Waals surface area (Å²) in [6.45, 7) is 5.41. The van der Waals surface area contributed by atoms with Gasteiger partial charge in [0.05, 0.1) is 6.61 Å². The van der Waals surface area contributed by atoms with E-state index in [2.05, 4.69) is 0 Å². The van der Waals surface area contributed by atoms with Crippen LogP contribution in [0.4, 0.5) is 0 Å². The van der Waals surface area contributed by atoms with Gasteiger partial charge in [0.25, 0.3) is 0 Å². The van der Waals surface area contributed by atoms with E-state index in [0.717, 1.165) is 11.1 Å². The zero-order chi connectivity index (χ0) is 11.4. The van der Waals surface area contributed by atoms with Gasteiger partial charge in [0, 0.05) is 6.92 Å². The van der Waals surface area contributed by atoms with Crippen molar-refractivity contribution in [1.29, 1.82) is 0 Å². The molecule has 0 unspecified atom stereocenters. The Bertz CT molecular complexity index is 356. The lowest BCUT2D eigenvalue weighted by molar-refractivity contribution is -0.131. The Hall–Kier alpha value is -1.35. The minimum absolute atomic E-state index is 0.0468. The molecule has 15 heavy (non-hydrogen) atoms. The molecule has 0 saturated heterocycles. The van der Waals surface area contributed by atoms with Crippen molar-refractivity contribution in [1.82, 2.24) is 0 Å². The van der Waals surface area contributed by atoms with E-state index in [9.17, 15) is 4.79 Å². The quantitative estimate of drug-likeness (QED) is 0.612. The molecular formula is C12H16O3. The van der Waals surface area contributed by atoms with Crippen LogP contribution in [0.3, 0.4) is 0 Å². The van der Waals surface area contributed by atoms with Crippen molar-refractivity contribution in [3.63, 3.8) is 0 Å². The lowest BCUT2D eigenvalue weighted by Gasteiger charge is -2.10. The molecule has 0 fully saturated rings. The van der Waals surface area contributed by atoms with E-state index in [0.29, 0.717) is 11.7 Å². The number of hydrogen-bond acceptors (Lipinski definition) is 3. The first-order valence-corrected chi connectivity index (χ1v) is 4.96. The van der Waals surface area contributed by atoms with Crippen molar-refractivity contribution in [3.8, 4) is 5.75 Å². The summed E-state index contributed by atoms with van der Waals surface area (Å²) < 4.78 is 5.00. The molecule has 1 N–H and O–H groups in total. The topological polar surface area (TPSA) is 46.5 Å². The molecule has 0 radical (unpaired) electrons. The maximum atomic E-state index is 10.8. The minimum Gasteiger partial charge on any atom is -0.427 e. The third-order valence-electron chi connectivity index (χ3n) is 2.10. The molecule has 0 aliphatic rings. The van der Waals surface area contributed by atoms with Gasteiger partial charge in [-0.2, -0.15) is 0 Å². The number of carbonyl (C=O) groups is 1. The van der Waals surface area contributed by atoms with Gasteiger partial charge in [-0.05, 0) is 29.2 Å². The van der Waals surface area contributed by atoms with E-state index >= 15 is 0 Å². The molecule has 3 heteroatoms. The fraction of sp³-hybridized carbons (Fsp3) is 0.417. The number of esters is 1. The Balaban J connectivity index is 3.05. The lowest BCUT2D eigenvalue weighted by atomic mass is 10.0. The molecule has 0 bridgehead atoms. The molecule has 0 saturated carbocycles. The molecule has 1 aromatic rings. The van der Waals surface area contributed by atoms with Crippen molar-refractivity contribution in [2.45, 2.75) is 33.3 Å². The molecule has 0 heterocycles. The Labute approximate surface area is 89.7 Å². The normalized spacial score (nSPS) is 10.5. The fourth-order valence-corrected chi connectivity index (χ4v) is 1.34. The van der Waals surface area contributed by atoms with E-state index in [1.54, 1.807) is 6.07 Å². The first kappa shape index (κ1) is 11.7. The predicted octanol–water partition coefficient (Wildman–Crippen LogP) is 2.23. The van der Waals surface area contributed by atoms with Crippen LogP contribution in [0.15, 0.2) is 18.2 Å². The van der Waals surface area contributed by atoms with Crippen molar-refractivity contribution in [2.75, 3.05) is 0 Å². The smallest absolute Gasteiger partial charge is 0.308 e. The number of aliphatic hydroxyl groups is 1. The van der Waals surface area contributed by atoms with Gasteiger partial charge in [-0.1, -0.05) is 19.9 Å². The Morgan fingerprint density at radius 2 is 2.07 bits per heavy atom. The van der Waals surface area contributed by atoms with Gasteiger partial charge in [0.15, 0.2) is 0 Å². The molecule has 0 amide bonds. The van der Waals surface area contributed by atoms with Crippen LogP contribution in [-0.4, -0.2) is 11.1 Å². The summed E-state index contributed by atoms with van der Waals surface area (Å²) in [6, 6.07) is 5.41. The zero-order valence-corrected chi connectivity index (χ0v) is 9.28. The van der Waals surface area contributed by atoms with Gasteiger partial charge in [-0.15, -0.1) is 0 Å². The third-order valence-corrected chi connectivity index (χ3v) is 2.10. The van der Waals surface area contributed by atoms with Crippen LogP contribution in [0.2, 0.25) is 0 Å². The summed E-state index contributed by atoms with van der Waals surface area (Å²) in [6.07, 6.45) is 0. The molecular weight excluding hydrogens is 192 g/mol. The van der Waals surface area contributed by atoms with Gasteiger partial charge in [-0.3, -0.25) is 4.79 Å². The second-order valence-electron chi connectivity index (χ2n) is 3.82. The highest BCUT2D eigenvalue weighted by molar-refractivity contribution is 5.69. The number of benzene rings is 1. The zero-order valence-electron chi connectivity index (χ0n) is 9.28. The van der Waals surface area contributed by atoms with Crippen LogP contribution in [-0.2, 0) is 11.4 Å². The van der Waals surface area contributed by atoms with Gasteiger partial charge >= 0.3 is 5.97 Å². The monoisotopic (exact) mass is 208 g/mol. The van der Waals surface area contributed by atoms with Crippen molar-refractivity contribution in [3.05, 3.63) is 29.3 Å². The van der Waals surface area contributed by atoms with Crippen LogP contribution < -0.4 is 4.74 Å². The number of hydrogen-bond donors (Lipinski definition) is 1. The molecule has 0 atom stereocenters. The van der Waals surface area contributed by atoms with Gasteiger partial charge in [0.1, 0.15) is 5.75 Å². The number of ether oxygens (including phenoxy) is 1. The second-order valence-corrected chi connectivity index (χ2v) is 3.82. The molecule has 82 valence electrons. The Kier molecular flexibility index (Phi) is 3.86. The molecule has 0 aliphatic heterocycles. The van der Waals surface area contributed by atoms with Crippen molar-refractivity contribution in [2.24, 2.45) is 0 Å². The van der Waals surface area contributed by atoms with Gasteiger partial charge in [0.2, 0.25) is 0 Å². The summed E-state index contributed by atoms with van der Waals surface area (Å²) in [7, 11) is 0. The number of rotatable bonds is 3. The predicted molar refractivity (Wildman–Crippen MR) is 57.8 cm³/mol. The van der Waals surface area contributed by atoms with Crippen molar-refractivity contribution < 1.29 is 14.6 Å². The van der Waals surface area contributed by atoms with E-state index in [1.165, 1.54) is 6.92 Å². The molecule has 0 aromatic heterocycles. The number of aliphatic hydroxyl groups excluding tert-OH is 1. The first-order valence-electron chi connectivity index (χ1n) is 4.96. The lowest BCUT2D eigenvalue weighted by Crippen LogP contribution is -2.03. The SMILES string of the molecule is CC(=O)Oc1cc(CO)cc(C(C)C)c1. The highest BCUT2D eigenvalue weighted by Crippen LogP contribution is 2.23. The number of carbonyl (C=O) groups excluding carboxylic acids is 1. The fourth-order valence-electron chi connectivity index (χ4n) is 1.34. The maximum absolute atomic E-state index is 10.8. The summed E-state index contributed by atoms with van der Waals surface area (Å²) >= 11 is 0. The summed E-state index contributed by atoms with van der Waals surface area (Å²) in [5.74, 6) is 0.489. The largest absolute Gasteiger partial charge is 0.427 e. The highest BCUT2D eigenvalue weighted by atomic mass is 16.5. The third kappa shape index (κ3) is 3.36. The van der Waals surface area contributed by atoms with Crippen LogP contribution >= 0.6 is 0 Å². The maximum Gasteiger partial charge on any atom is 0.308 e. The van der Waals surface area contributed by atoms with E-state index in [4.69, 9.17) is 9.84 Å².